The van der Waals surface area contributed by atoms with E-state index in [1.165, 1.54) is 6.07 Å². The van der Waals surface area contributed by atoms with Gasteiger partial charge in [0.05, 0.1) is 11.1 Å². The van der Waals surface area contributed by atoms with Gasteiger partial charge in [-0.3, -0.25) is 4.98 Å². The average Bonchev–Trinajstić information content (AvgIpc) is 2.72. The molecule has 1 N–H and O–H groups in total. The molecule has 0 amide bonds. The van der Waals surface area contributed by atoms with Gasteiger partial charge in [0.25, 0.3) is 0 Å². The molecule has 28 heavy (non-hydrogen) atoms. The van der Waals surface area contributed by atoms with E-state index in [9.17, 15) is 13.2 Å². The van der Waals surface area contributed by atoms with Gasteiger partial charge in [0.1, 0.15) is 11.5 Å². The minimum Gasteiger partial charge on any atom is -0.365 e. The molecule has 0 atom stereocenters. The number of benzene rings is 2. The Labute approximate surface area is 159 Å². The number of rotatable bonds is 4. The molecule has 2 aromatic carbocycles. The van der Waals surface area contributed by atoms with Crippen molar-refractivity contribution < 1.29 is 13.2 Å². The van der Waals surface area contributed by atoms with Gasteiger partial charge in [-0.2, -0.15) is 13.2 Å². The van der Waals surface area contributed by atoms with Crippen LogP contribution in [0.4, 0.5) is 19.0 Å². The summed E-state index contributed by atoms with van der Waals surface area (Å²) < 4.78 is 38.8. The molecule has 0 aliphatic rings. The lowest BCUT2D eigenvalue weighted by Crippen LogP contribution is -2.08. The number of anilines is 1. The number of nitrogens with zero attached hydrogens (tertiary/aromatic N) is 3. The molecular formula is C21H15F3N4. The third kappa shape index (κ3) is 3.78. The van der Waals surface area contributed by atoms with Crippen molar-refractivity contribution in [3.05, 3.63) is 84.1 Å². The molecule has 2 aromatic heterocycles. The predicted octanol–water partition coefficient (Wildman–Crippen LogP) is 5.32. The highest BCUT2D eigenvalue weighted by Gasteiger charge is 2.30. The third-order valence-electron chi connectivity index (χ3n) is 4.21. The number of hydrogen-bond donors (Lipinski definition) is 1. The topological polar surface area (TPSA) is 50.7 Å². The Kier molecular flexibility index (Phi) is 4.65. The average molecular weight is 380 g/mol. The molecule has 0 bridgehead atoms. The van der Waals surface area contributed by atoms with Crippen molar-refractivity contribution in [3.63, 3.8) is 0 Å². The van der Waals surface area contributed by atoms with E-state index in [1.54, 1.807) is 24.4 Å². The normalized spacial score (nSPS) is 11.5. The van der Waals surface area contributed by atoms with Gasteiger partial charge in [-0.05, 0) is 42.0 Å². The van der Waals surface area contributed by atoms with Gasteiger partial charge < -0.3 is 5.32 Å². The maximum atomic E-state index is 12.9. The molecule has 0 radical (unpaired) electrons. The summed E-state index contributed by atoms with van der Waals surface area (Å²) in [6.45, 7) is 0.201. The number of hydrogen-bond acceptors (Lipinski definition) is 4. The van der Waals surface area contributed by atoms with Crippen molar-refractivity contribution in [2.45, 2.75) is 12.7 Å². The zero-order chi connectivity index (χ0) is 19.6. The van der Waals surface area contributed by atoms with E-state index in [0.29, 0.717) is 22.9 Å². The van der Waals surface area contributed by atoms with Crippen LogP contribution < -0.4 is 5.32 Å². The molecule has 140 valence electrons. The fraction of sp³-hybridized carbons (Fsp3) is 0.0952. The van der Waals surface area contributed by atoms with E-state index < -0.39 is 11.7 Å². The Morgan fingerprint density at radius 3 is 2.46 bits per heavy atom. The number of para-hydroxylation sites is 1. The van der Waals surface area contributed by atoms with Crippen LogP contribution in [-0.2, 0) is 12.7 Å². The molecule has 0 saturated carbocycles. The fourth-order valence-corrected chi connectivity index (χ4v) is 2.86. The summed E-state index contributed by atoms with van der Waals surface area (Å²) in [5, 5.41) is 3.93. The minimum atomic E-state index is -4.37. The van der Waals surface area contributed by atoms with Crippen LogP contribution >= 0.6 is 0 Å². The second-order valence-corrected chi connectivity index (χ2v) is 6.18. The number of aromatic nitrogens is 3. The summed E-state index contributed by atoms with van der Waals surface area (Å²) in [5.74, 6) is 0.995. The first-order chi connectivity index (χ1) is 13.5. The Hall–Kier alpha value is -3.48. The first-order valence-electron chi connectivity index (χ1n) is 8.59. The van der Waals surface area contributed by atoms with Crippen molar-refractivity contribution in [3.8, 4) is 11.5 Å². The molecule has 7 heteroatoms. The quantitative estimate of drug-likeness (QED) is 0.520. The van der Waals surface area contributed by atoms with Crippen LogP contribution in [0.3, 0.4) is 0 Å². The molecule has 0 aliphatic heterocycles. The van der Waals surface area contributed by atoms with Gasteiger partial charge in [0.2, 0.25) is 0 Å². The molecule has 0 spiro atoms. The monoisotopic (exact) mass is 380 g/mol. The van der Waals surface area contributed by atoms with Gasteiger partial charge >= 0.3 is 6.18 Å². The summed E-state index contributed by atoms with van der Waals surface area (Å²) in [5.41, 5.74) is 1.19. The molecular weight excluding hydrogens is 365 g/mol. The van der Waals surface area contributed by atoms with Crippen molar-refractivity contribution in [2.75, 3.05) is 5.32 Å². The standard InChI is InChI=1S/C21H15F3N4/c22-21(23,24)15-7-5-6-14(12-15)13-26-19-16-8-1-2-9-17(16)27-20(28-19)18-10-3-4-11-25-18/h1-12H,13H2,(H,26,27,28). The Balaban J connectivity index is 1.69. The zero-order valence-electron chi connectivity index (χ0n) is 14.6. The van der Waals surface area contributed by atoms with E-state index in [4.69, 9.17) is 0 Å². The largest absolute Gasteiger partial charge is 0.416 e. The predicted molar refractivity (Wildman–Crippen MR) is 102 cm³/mol. The van der Waals surface area contributed by atoms with E-state index >= 15 is 0 Å². The van der Waals surface area contributed by atoms with Crippen LogP contribution in [0.5, 0.6) is 0 Å². The maximum absolute atomic E-state index is 12.9. The second-order valence-electron chi connectivity index (χ2n) is 6.18. The molecule has 4 rings (SSSR count). The minimum absolute atomic E-state index is 0.201. The number of alkyl halides is 3. The smallest absolute Gasteiger partial charge is 0.365 e. The van der Waals surface area contributed by atoms with E-state index in [0.717, 1.165) is 23.0 Å². The van der Waals surface area contributed by atoms with Crippen LogP contribution in [-0.4, -0.2) is 15.0 Å². The van der Waals surface area contributed by atoms with Crippen LogP contribution in [0, 0.1) is 0 Å². The van der Waals surface area contributed by atoms with E-state index in [1.807, 2.05) is 30.3 Å². The van der Waals surface area contributed by atoms with Crippen molar-refractivity contribution >= 4 is 16.7 Å². The van der Waals surface area contributed by atoms with E-state index in [2.05, 4.69) is 20.3 Å². The number of nitrogens with one attached hydrogen (secondary N) is 1. The lowest BCUT2D eigenvalue weighted by Gasteiger charge is -2.12. The maximum Gasteiger partial charge on any atom is 0.416 e. The Bertz CT molecular complexity index is 1110. The van der Waals surface area contributed by atoms with Gasteiger partial charge in [-0.25, -0.2) is 9.97 Å². The molecule has 0 fully saturated rings. The van der Waals surface area contributed by atoms with Crippen molar-refractivity contribution in [1.29, 1.82) is 0 Å². The summed E-state index contributed by atoms with van der Waals surface area (Å²) >= 11 is 0. The van der Waals surface area contributed by atoms with Crippen molar-refractivity contribution in [2.24, 2.45) is 0 Å². The second kappa shape index (κ2) is 7.26. The SMILES string of the molecule is FC(F)(F)c1cccc(CNc2nc(-c3ccccn3)nc3ccccc23)c1. The first kappa shape index (κ1) is 17.9. The van der Waals surface area contributed by atoms with Crippen molar-refractivity contribution in [1.82, 2.24) is 15.0 Å². The first-order valence-corrected chi connectivity index (χ1v) is 8.59. The van der Waals surface area contributed by atoms with Gasteiger partial charge in [-0.1, -0.05) is 30.3 Å². The molecule has 0 aliphatic carbocycles. The summed E-state index contributed by atoms with van der Waals surface area (Å²) in [6, 6.07) is 18.1. The Morgan fingerprint density at radius 2 is 1.68 bits per heavy atom. The highest BCUT2D eigenvalue weighted by molar-refractivity contribution is 5.90. The van der Waals surface area contributed by atoms with Crippen LogP contribution in [0.1, 0.15) is 11.1 Å². The highest BCUT2D eigenvalue weighted by Crippen LogP contribution is 2.30. The van der Waals surface area contributed by atoms with Gasteiger partial charge in [-0.15, -0.1) is 0 Å². The fourth-order valence-electron chi connectivity index (χ4n) is 2.86. The summed E-state index contributed by atoms with van der Waals surface area (Å²) in [4.78, 5) is 13.4. The molecule has 4 aromatic rings. The van der Waals surface area contributed by atoms with Gasteiger partial charge in [0.15, 0.2) is 5.82 Å². The lowest BCUT2D eigenvalue weighted by molar-refractivity contribution is -0.137. The molecule has 4 nitrogen and oxygen atoms in total. The number of fused-ring (bicyclic) bond motifs is 1. The number of halogens is 3. The summed E-state index contributed by atoms with van der Waals surface area (Å²) in [7, 11) is 0. The lowest BCUT2D eigenvalue weighted by atomic mass is 10.1. The highest BCUT2D eigenvalue weighted by atomic mass is 19.4. The summed E-state index contributed by atoms with van der Waals surface area (Å²) in [6.07, 6.45) is -2.71. The van der Waals surface area contributed by atoms with E-state index in [-0.39, 0.29) is 6.54 Å². The molecule has 2 heterocycles. The number of pyridine rings is 1. The molecule has 0 unspecified atom stereocenters. The van der Waals surface area contributed by atoms with Crippen LogP contribution in [0.25, 0.3) is 22.4 Å². The Morgan fingerprint density at radius 1 is 0.857 bits per heavy atom. The molecule has 0 saturated heterocycles. The van der Waals surface area contributed by atoms with Crippen LogP contribution in [0.2, 0.25) is 0 Å². The third-order valence-corrected chi connectivity index (χ3v) is 4.21. The van der Waals surface area contributed by atoms with Crippen LogP contribution in [0.15, 0.2) is 72.9 Å². The van der Waals surface area contributed by atoms with Gasteiger partial charge in [0, 0.05) is 18.1 Å². The zero-order valence-corrected chi connectivity index (χ0v) is 14.6.